The van der Waals surface area contributed by atoms with E-state index in [2.05, 4.69) is 56.9 Å². The van der Waals surface area contributed by atoms with Crippen molar-refractivity contribution >= 4 is 22.5 Å². The molecule has 0 radical (unpaired) electrons. The highest BCUT2D eigenvalue weighted by Crippen LogP contribution is 2.31. The minimum absolute atomic E-state index is 0.0268. The molecule has 0 unspecified atom stereocenters. The van der Waals surface area contributed by atoms with Crippen molar-refractivity contribution in [3.05, 3.63) is 40.5 Å². The Balaban J connectivity index is 2.60. The van der Waals surface area contributed by atoms with Gasteiger partial charge in [0.1, 0.15) is 5.15 Å². The molecule has 18 heavy (non-hydrogen) atoms. The van der Waals surface area contributed by atoms with E-state index < -0.39 is 0 Å². The highest BCUT2D eigenvalue weighted by atomic mass is 35.5. The van der Waals surface area contributed by atoms with E-state index in [0.717, 1.165) is 17.5 Å². The molecule has 0 bridgehead atoms. The summed E-state index contributed by atoms with van der Waals surface area (Å²) in [5.74, 6) is 0. The molecule has 1 nitrogen and oxygen atoms in total. The van der Waals surface area contributed by atoms with Crippen LogP contribution in [0.4, 0.5) is 0 Å². The van der Waals surface area contributed by atoms with E-state index in [1.54, 1.807) is 0 Å². The quantitative estimate of drug-likeness (QED) is 0.682. The van der Waals surface area contributed by atoms with Gasteiger partial charge in [-0.3, -0.25) is 0 Å². The molecule has 2 aromatic rings. The maximum Gasteiger partial charge on any atom is 0.133 e. The Morgan fingerprint density at radius 1 is 1.17 bits per heavy atom. The molecule has 0 aliphatic heterocycles. The van der Waals surface area contributed by atoms with Crippen LogP contribution in [0.2, 0.25) is 5.15 Å². The van der Waals surface area contributed by atoms with E-state index in [4.69, 9.17) is 11.6 Å². The van der Waals surface area contributed by atoms with Gasteiger partial charge in [0.15, 0.2) is 0 Å². The topological polar surface area (TPSA) is 12.9 Å². The molecule has 0 N–H and O–H groups in total. The van der Waals surface area contributed by atoms with Gasteiger partial charge in [0, 0.05) is 5.39 Å². The molecule has 0 atom stereocenters. The molecular weight excluding hydrogens is 242 g/mol. The number of aromatic nitrogens is 1. The van der Waals surface area contributed by atoms with E-state index >= 15 is 0 Å². The molecule has 2 heteroatoms. The largest absolute Gasteiger partial charge is 0.236 e. The van der Waals surface area contributed by atoms with Gasteiger partial charge in [-0.05, 0) is 41.2 Å². The summed E-state index contributed by atoms with van der Waals surface area (Å²) in [4.78, 5) is 4.51. The second-order valence-corrected chi connectivity index (χ2v) is 6.21. The minimum atomic E-state index is 0.0268. The Bertz CT molecular complexity index is 567. The summed E-state index contributed by atoms with van der Waals surface area (Å²) in [6.45, 7) is 8.69. The highest BCUT2D eigenvalue weighted by molar-refractivity contribution is 6.30. The molecule has 2 rings (SSSR count). The lowest BCUT2D eigenvalue weighted by Gasteiger charge is -2.20. The molecule has 0 fully saturated rings. The van der Waals surface area contributed by atoms with Crippen LogP contribution in [-0.4, -0.2) is 4.98 Å². The fourth-order valence-electron chi connectivity index (χ4n) is 2.17. The fraction of sp³-hybridized carbons (Fsp3) is 0.438. The minimum Gasteiger partial charge on any atom is -0.236 e. The average Bonchev–Trinajstić information content (AvgIpc) is 2.27. The summed E-state index contributed by atoms with van der Waals surface area (Å²) < 4.78 is 0. The maximum absolute atomic E-state index is 6.28. The fourth-order valence-corrected chi connectivity index (χ4v) is 2.60. The lowest BCUT2D eigenvalue weighted by atomic mass is 9.87. The second-order valence-electron chi connectivity index (χ2n) is 5.85. The SMILES string of the molecule is CCCc1ccc2nc(Cl)c(C(C)(C)C)cc2c1. The third-order valence-electron chi connectivity index (χ3n) is 3.18. The van der Waals surface area contributed by atoms with Crippen LogP contribution in [0.25, 0.3) is 10.9 Å². The predicted octanol–water partition coefficient (Wildman–Crippen LogP) is 5.14. The third kappa shape index (κ3) is 2.67. The lowest BCUT2D eigenvalue weighted by Crippen LogP contribution is -2.12. The first kappa shape index (κ1) is 13.4. The van der Waals surface area contributed by atoms with Gasteiger partial charge in [0.05, 0.1) is 5.52 Å². The number of nitrogens with zero attached hydrogens (tertiary/aromatic N) is 1. The van der Waals surface area contributed by atoms with Crippen LogP contribution in [-0.2, 0) is 11.8 Å². The molecule has 0 aliphatic rings. The standard InChI is InChI=1S/C16H20ClN/c1-5-6-11-7-8-14-12(9-11)10-13(15(17)18-14)16(2,3)4/h7-10H,5-6H2,1-4H3. The summed E-state index contributed by atoms with van der Waals surface area (Å²) in [5, 5.41) is 1.81. The molecule has 1 aromatic heterocycles. The Labute approximate surface area is 114 Å². The van der Waals surface area contributed by atoms with Gasteiger partial charge < -0.3 is 0 Å². The van der Waals surface area contributed by atoms with Gasteiger partial charge in [0.25, 0.3) is 0 Å². The van der Waals surface area contributed by atoms with E-state index in [0.29, 0.717) is 5.15 Å². The molecule has 0 saturated carbocycles. The van der Waals surface area contributed by atoms with Gasteiger partial charge in [-0.25, -0.2) is 4.98 Å². The monoisotopic (exact) mass is 261 g/mol. The zero-order valence-corrected chi connectivity index (χ0v) is 12.3. The molecule has 0 spiro atoms. The molecule has 96 valence electrons. The van der Waals surface area contributed by atoms with Gasteiger partial charge in [-0.1, -0.05) is 51.8 Å². The maximum atomic E-state index is 6.28. The Morgan fingerprint density at radius 2 is 1.89 bits per heavy atom. The van der Waals surface area contributed by atoms with Gasteiger partial charge >= 0.3 is 0 Å². The van der Waals surface area contributed by atoms with E-state index in [1.165, 1.54) is 17.4 Å². The Morgan fingerprint density at radius 3 is 2.50 bits per heavy atom. The normalized spacial score (nSPS) is 12.1. The number of halogens is 1. The van der Waals surface area contributed by atoms with Crippen molar-refractivity contribution in [1.82, 2.24) is 4.98 Å². The van der Waals surface area contributed by atoms with E-state index in [-0.39, 0.29) is 5.41 Å². The van der Waals surface area contributed by atoms with Crippen molar-refractivity contribution in [3.63, 3.8) is 0 Å². The number of rotatable bonds is 2. The van der Waals surface area contributed by atoms with Crippen molar-refractivity contribution in [1.29, 1.82) is 0 Å². The highest BCUT2D eigenvalue weighted by Gasteiger charge is 2.19. The van der Waals surface area contributed by atoms with Gasteiger partial charge in [-0.15, -0.1) is 0 Å². The van der Waals surface area contributed by atoms with Crippen molar-refractivity contribution in [2.24, 2.45) is 0 Å². The average molecular weight is 262 g/mol. The molecule has 1 aromatic carbocycles. The first-order valence-corrected chi connectivity index (χ1v) is 6.89. The van der Waals surface area contributed by atoms with Crippen LogP contribution in [0.1, 0.15) is 45.2 Å². The molecule has 1 heterocycles. The summed E-state index contributed by atoms with van der Waals surface area (Å²) in [5.41, 5.74) is 3.49. The number of aryl methyl sites for hydroxylation is 1. The smallest absolute Gasteiger partial charge is 0.133 e. The number of hydrogen-bond donors (Lipinski definition) is 0. The Hall–Kier alpha value is -1.08. The number of pyridine rings is 1. The zero-order valence-electron chi connectivity index (χ0n) is 11.5. The first-order chi connectivity index (χ1) is 8.41. The van der Waals surface area contributed by atoms with Crippen LogP contribution in [0.15, 0.2) is 24.3 Å². The number of benzene rings is 1. The van der Waals surface area contributed by atoms with Gasteiger partial charge in [0.2, 0.25) is 0 Å². The van der Waals surface area contributed by atoms with Crippen molar-refractivity contribution in [2.75, 3.05) is 0 Å². The van der Waals surface area contributed by atoms with Crippen molar-refractivity contribution < 1.29 is 0 Å². The summed E-state index contributed by atoms with van der Waals surface area (Å²) >= 11 is 6.28. The summed E-state index contributed by atoms with van der Waals surface area (Å²) in [6.07, 6.45) is 2.28. The lowest BCUT2D eigenvalue weighted by molar-refractivity contribution is 0.589. The summed E-state index contributed by atoms with van der Waals surface area (Å²) in [6, 6.07) is 8.63. The van der Waals surface area contributed by atoms with Crippen molar-refractivity contribution in [2.45, 2.75) is 46.0 Å². The Kier molecular flexibility index (Phi) is 3.63. The van der Waals surface area contributed by atoms with Gasteiger partial charge in [-0.2, -0.15) is 0 Å². The van der Waals surface area contributed by atoms with E-state index in [1.807, 2.05) is 0 Å². The zero-order chi connectivity index (χ0) is 13.3. The predicted molar refractivity (Wildman–Crippen MR) is 79.4 cm³/mol. The third-order valence-corrected chi connectivity index (χ3v) is 3.47. The van der Waals surface area contributed by atoms with Crippen LogP contribution >= 0.6 is 11.6 Å². The first-order valence-electron chi connectivity index (χ1n) is 6.51. The molecule has 0 saturated heterocycles. The summed E-state index contributed by atoms with van der Waals surface area (Å²) in [7, 11) is 0. The van der Waals surface area contributed by atoms with E-state index in [9.17, 15) is 0 Å². The number of hydrogen-bond acceptors (Lipinski definition) is 1. The number of fused-ring (bicyclic) bond motifs is 1. The second kappa shape index (κ2) is 4.89. The van der Waals surface area contributed by atoms with Crippen LogP contribution in [0, 0.1) is 0 Å². The van der Waals surface area contributed by atoms with Crippen LogP contribution in [0.3, 0.4) is 0 Å². The van der Waals surface area contributed by atoms with Crippen LogP contribution < -0.4 is 0 Å². The molecule has 0 amide bonds. The van der Waals surface area contributed by atoms with Crippen molar-refractivity contribution in [3.8, 4) is 0 Å². The van der Waals surface area contributed by atoms with Crippen LogP contribution in [0.5, 0.6) is 0 Å². The molecule has 0 aliphatic carbocycles. The molecular formula is C16H20ClN.